The minimum atomic E-state index is -0.982. The summed E-state index contributed by atoms with van der Waals surface area (Å²) in [6.45, 7) is 0. The van der Waals surface area contributed by atoms with Crippen LogP contribution < -0.4 is 10.9 Å². The van der Waals surface area contributed by atoms with Crippen molar-refractivity contribution in [3.8, 4) is 11.8 Å². The number of rotatable bonds is 2. The number of H-pyrrole nitrogens is 1. The number of nitriles is 1. The van der Waals surface area contributed by atoms with Gasteiger partial charge in [-0.2, -0.15) is 5.26 Å². The molecule has 3 aromatic rings. The van der Waals surface area contributed by atoms with Crippen molar-refractivity contribution in [3.63, 3.8) is 0 Å². The first-order valence-electron chi connectivity index (χ1n) is 7.96. The van der Waals surface area contributed by atoms with Crippen LogP contribution in [0.15, 0.2) is 63.9 Å². The Morgan fingerprint density at radius 3 is 2.54 bits per heavy atom. The molecule has 4 rings (SSSR count). The number of hydrogen-bond donors (Lipinski definition) is 2. The predicted octanol–water partition coefficient (Wildman–Crippen LogP) is 3.15. The molecule has 0 aliphatic carbocycles. The van der Waals surface area contributed by atoms with Gasteiger partial charge in [-0.1, -0.05) is 46.3 Å². The third kappa shape index (κ3) is 2.55. The Bertz CT molecular complexity index is 1090. The highest BCUT2D eigenvalue weighted by atomic mass is 79.9. The molecule has 1 amide bonds. The second-order valence-electron chi connectivity index (χ2n) is 6.01. The Labute approximate surface area is 157 Å². The molecule has 0 saturated carbocycles. The van der Waals surface area contributed by atoms with Gasteiger partial charge in [0.1, 0.15) is 11.7 Å². The average Bonchev–Trinajstić information content (AvgIpc) is 2.97. The molecule has 0 fully saturated rings. The second kappa shape index (κ2) is 6.32. The number of amides is 1. The maximum Gasteiger partial charge on any atom is 0.277 e. The van der Waals surface area contributed by atoms with Crippen LogP contribution in [0.3, 0.4) is 0 Å². The van der Waals surface area contributed by atoms with E-state index in [1.807, 2.05) is 48.5 Å². The van der Waals surface area contributed by atoms with E-state index in [1.165, 1.54) is 4.68 Å². The maximum atomic E-state index is 13.1. The van der Waals surface area contributed by atoms with E-state index in [2.05, 4.69) is 26.3 Å². The molecule has 6 nitrogen and oxygen atoms in total. The van der Waals surface area contributed by atoms with Gasteiger partial charge >= 0.3 is 0 Å². The molecular formula is C19H13BrN4O2. The highest BCUT2D eigenvalue weighted by Crippen LogP contribution is 2.38. The smallest absolute Gasteiger partial charge is 0.277 e. The number of nitrogens with zero attached hydrogens (tertiary/aromatic N) is 2. The molecule has 0 bridgehead atoms. The first-order chi connectivity index (χ1) is 12.6. The molecule has 0 spiro atoms. The van der Waals surface area contributed by atoms with E-state index in [0.29, 0.717) is 17.1 Å². The van der Waals surface area contributed by atoms with Crippen LogP contribution in [0.25, 0.3) is 5.69 Å². The fourth-order valence-corrected chi connectivity index (χ4v) is 3.72. The molecule has 26 heavy (non-hydrogen) atoms. The molecular weight excluding hydrogens is 396 g/mol. The number of hydrogen-bond acceptors (Lipinski definition) is 3. The molecule has 0 saturated heterocycles. The van der Waals surface area contributed by atoms with Crippen molar-refractivity contribution in [2.45, 2.75) is 5.92 Å². The topological polar surface area (TPSA) is 90.7 Å². The van der Waals surface area contributed by atoms with Gasteiger partial charge in [-0.25, -0.2) is 4.68 Å². The summed E-state index contributed by atoms with van der Waals surface area (Å²) in [6, 6.07) is 18.5. The molecule has 1 aliphatic heterocycles. The zero-order valence-electron chi connectivity index (χ0n) is 13.4. The van der Waals surface area contributed by atoms with Crippen molar-refractivity contribution in [2.75, 3.05) is 5.32 Å². The molecule has 128 valence electrons. The number of carbonyl (C=O) groups is 1. The lowest BCUT2D eigenvalue weighted by atomic mass is 9.79. The fourth-order valence-electron chi connectivity index (χ4n) is 3.30. The number of aromatic amines is 1. The molecule has 1 aliphatic rings. The van der Waals surface area contributed by atoms with Gasteiger partial charge in [0.05, 0.1) is 17.3 Å². The van der Waals surface area contributed by atoms with Gasteiger partial charge in [0.15, 0.2) is 0 Å². The van der Waals surface area contributed by atoms with Crippen LogP contribution in [0.5, 0.6) is 0 Å². The van der Waals surface area contributed by atoms with Gasteiger partial charge in [0.25, 0.3) is 5.56 Å². The van der Waals surface area contributed by atoms with Crippen LogP contribution in [-0.2, 0) is 4.79 Å². The largest absolute Gasteiger partial charge is 0.310 e. The standard InChI is InChI=1S/C19H13BrN4O2/c20-12-6-4-5-11(9-12)15-14(10-21)18(25)22-17-16(15)19(26)24(23-17)13-7-2-1-3-8-13/h1-9,14-15,23H,(H,22,25). The fraction of sp³-hybridized carbons (Fsp3) is 0.105. The minimum absolute atomic E-state index is 0.281. The Morgan fingerprint density at radius 2 is 1.85 bits per heavy atom. The minimum Gasteiger partial charge on any atom is -0.310 e. The first-order valence-corrected chi connectivity index (χ1v) is 8.75. The molecule has 2 aromatic carbocycles. The lowest BCUT2D eigenvalue weighted by molar-refractivity contribution is -0.119. The number of nitrogens with one attached hydrogen (secondary N) is 2. The van der Waals surface area contributed by atoms with Gasteiger partial charge in [-0.05, 0) is 29.8 Å². The molecule has 2 atom stereocenters. The van der Waals surface area contributed by atoms with Crippen LogP contribution >= 0.6 is 15.9 Å². The zero-order valence-corrected chi connectivity index (χ0v) is 15.0. The summed E-state index contributed by atoms with van der Waals surface area (Å²) in [4.78, 5) is 25.5. The number of anilines is 1. The monoisotopic (exact) mass is 408 g/mol. The molecule has 0 radical (unpaired) electrons. The summed E-state index contributed by atoms with van der Waals surface area (Å²) >= 11 is 3.41. The van der Waals surface area contributed by atoms with Gasteiger partial charge in [-0.15, -0.1) is 0 Å². The average molecular weight is 409 g/mol. The van der Waals surface area contributed by atoms with E-state index in [-0.39, 0.29) is 5.56 Å². The van der Waals surface area contributed by atoms with Crippen molar-refractivity contribution in [2.24, 2.45) is 5.92 Å². The van der Waals surface area contributed by atoms with E-state index in [9.17, 15) is 14.9 Å². The maximum absolute atomic E-state index is 13.1. The summed E-state index contributed by atoms with van der Waals surface area (Å²) in [7, 11) is 0. The van der Waals surface area contributed by atoms with Crippen molar-refractivity contribution in [3.05, 3.63) is 80.6 Å². The predicted molar refractivity (Wildman–Crippen MR) is 100 cm³/mol. The number of benzene rings is 2. The quantitative estimate of drug-likeness (QED) is 0.682. The molecule has 2 heterocycles. The van der Waals surface area contributed by atoms with Crippen molar-refractivity contribution in [1.29, 1.82) is 5.26 Å². The van der Waals surface area contributed by atoms with Crippen LogP contribution in [0.4, 0.5) is 5.82 Å². The Hall–Kier alpha value is -3.11. The number of fused-ring (bicyclic) bond motifs is 1. The molecule has 7 heteroatoms. The highest BCUT2D eigenvalue weighted by Gasteiger charge is 2.41. The summed E-state index contributed by atoms with van der Waals surface area (Å²) < 4.78 is 2.20. The van der Waals surface area contributed by atoms with Gasteiger partial charge < -0.3 is 5.32 Å². The van der Waals surface area contributed by atoms with Crippen LogP contribution in [0, 0.1) is 17.2 Å². The Kier molecular flexibility index (Phi) is 3.98. The van der Waals surface area contributed by atoms with E-state index in [0.717, 1.165) is 10.0 Å². The number of para-hydroxylation sites is 1. The Balaban J connectivity index is 1.96. The normalized spacial score (nSPS) is 18.7. The summed E-state index contributed by atoms with van der Waals surface area (Å²) in [6.07, 6.45) is 0. The van der Waals surface area contributed by atoms with Gasteiger partial charge in [0, 0.05) is 10.4 Å². The van der Waals surface area contributed by atoms with Crippen molar-refractivity contribution in [1.82, 2.24) is 9.78 Å². The number of carbonyl (C=O) groups excluding carboxylic acids is 1. The SMILES string of the molecule is N#CC1C(=O)Nc2[nH]n(-c3ccccc3)c(=O)c2C1c1cccc(Br)c1. The highest BCUT2D eigenvalue weighted by molar-refractivity contribution is 9.10. The van der Waals surface area contributed by atoms with E-state index >= 15 is 0 Å². The first kappa shape index (κ1) is 16.4. The van der Waals surface area contributed by atoms with E-state index in [1.54, 1.807) is 12.1 Å². The lowest BCUT2D eigenvalue weighted by Gasteiger charge is -2.26. The van der Waals surface area contributed by atoms with E-state index in [4.69, 9.17) is 0 Å². The zero-order chi connectivity index (χ0) is 18.3. The number of halogens is 1. The van der Waals surface area contributed by atoms with Gasteiger partial charge in [0.2, 0.25) is 5.91 Å². The van der Waals surface area contributed by atoms with Crippen molar-refractivity contribution < 1.29 is 4.79 Å². The number of aromatic nitrogens is 2. The second-order valence-corrected chi connectivity index (χ2v) is 6.92. The third-order valence-corrected chi connectivity index (χ3v) is 4.96. The summed E-state index contributed by atoms with van der Waals surface area (Å²) in [5, 5.41) is 15.2. The molecule has 1 aromatic heterocycles. The third-order valence-electron chi connectivity index (χ3n) is 4.46. The lowest BCUT2D eigenvalue weighted by Crippen LogP contribution is -2.35. The summed E-state index contributed by atoms with van der Waals surface area (Å²) in [5.74, 6) is -1.72. The molecule has 2 N–H and O–H groups in total. The molecule has 2 unspecified atom stereocenters. The van der Waals surface area contributed by atoms with Crippen LogP contribution in [0.1, 0.15) is 17.0 Å². The Morgan fingerprint density at radius 1 is 1.08 bits per heavy atom. The van der Waals surface area contributed by atoms with E-state index < -0.39 is 17.7 Å². The van der Waals surface area contributed by atoms with Crippen LogP contribution in [0.2, 0.25) is 0 Å². The van der Waals surface area contributed by atoms with Gasteiger partial charge in [-0.3, -0.25) is 14.7 Å². The van der Waals surface area contributed by atoms with Crippen LogP contribution in [-0.4, -0.2) is 15.7 Å². The van der Waals surface area contributed by atoms with Crippen molar-refractivity contribution >= 4 is 27.7 Å². The summed E-state index contributed by atoms with van der Waals surface area (Å²) in [5.41, 5.74) is 1.50.